The van der Waals surface area contributed by atoms with Gasteiger partial charge in [-0.25, -0.2) is 0 Å². The van der Waals surface area contributed by atoms with Gasteiger partial charge in [0.05, 0.1) is 12.1 Å². The predicted molar refractivity (Wildman–Crippen MR) is 65.4 cm³/mol. The summed E-state index contributed by atoms with van der Waals surface area (Å²) in [5, 5.41) is 12.2. The van der Waals surface area contributed by atoms with Crippen molar-refractivity contribution < 1.29 is 9.90 Å². The molecule has 0 spiro atoms. The van der Waals surface area contributed by atoms with Gasteiger partial charge in [0.25, 0.3) is 0 Å². The van der Waals surface area contributed by atoms with Crippen molar-refractivity contribution in [3.8, 4) is 0 Å². The van der Waals surface area contributed by atoms with E-state index >= 15 is 0 Å². The number of thioether (sulfide) groups is 1. The van der Waals surface area contributed by atoms with E-state index in [-0.39, 0.29) is 30.5 Å². The highest BCUT2D eigenvalue weighted by atomic mass is 35.5. The van der Waals surface area contributed by atoms with E-state index in [1.807, 2.05) is 0 Å². The molecule has 2 N–H and O–H groups in total. The number of aliphatic hydroxyl groups excluding tert-OH is 1. The number of nitrogens with zero attached hydrogens (tertiary/aromatic N) is 1. The number of carbonyl (C=O) groups is 1. The molecule has 0 aromatic heterocycles. The van der Waals surface area contributed by atoms with Crippen molar-refractivity contribution in [3.05, 3.63) is 0 Å². The van der Waals surface area contributed by atoms with Crippen LogP contribution in [0.5, 0.6) is 0 Å². The monoisotopic (exact) mass is 254 g/mol. The molecule has 0 saturated carbocycles. The lowest BCUT2D eigenvalue weighted by Crippen LogP contribution is -2.43. The number of hydrogen-bond acceptors (Lipinski definition) is 4. The highest BCUT2D eigenvalue weighted by Crippen LogP contribution is 2.11. The second-order valence-corrected chi connectivity index (χ2v) is 4.70. The average molecular weight is 255 g/mol. The van der Waals surface area contributed by atoms with E-state index in [2.05, 4.69) is 5.32 Å². The smallest absolute Gasteiger partial charge is 0.240 e. The highest BCUT2D eigenvalue weighted by Gasteiger charge is 2.25. The van der Waals surface area contributed by atoms with Gasteiger partial charge in [-0.3, -0.25) is 10.1 Å². The van der Waals surface area contributed by atoms with Crippen LogP contribution in [0.2, 0.25) is 0 Å². The van der Waals surface area contributed by atoms with E-state index in [1.165, 1.54) is 0 Å². The highest BCUT2D eigenvalue weighted by molar-refractivity contribution is 7.99. The van der Waals surface area contributed by atoms with Crippen LogP contribution in [0.4, 0.5) is 0 Å². The number of nitrogens with one attached hydrogen (secondary N) is 1. The molecule has 1 fully saturated rings. The Kier molecular flexibility index (Phi) is 7.34. The number of likely N-dealkylation sites (N-methyl/N-ethyl adjacent to an activating group) is 1. The number of halogens is 1. The van der Waals surface area contributed by atoms with E-state index in [4.69, 9.17) is 5.11 Å². The summed E-state index contributed by atoms with van der Waals surface area (Å²) in [5.41, 5.74) is 0. The Morgan fingerprint density at radius 2 is 2.40 bits per heavy atom. The molecule has 0 aliphatic carbocycles. The first kappa shape index (κ1) is 15.0. The summed E-state index contributed by atoms with van der Waals surface area (Å²) in [6.07, 6.45) is 0.304. The molecule has 1 aliphatic heterocycles. The summed E-state index contributed by atoms with van der Waals surface area (Å²) < 4.78 is 0. The van der Waals surface area contributed by atoms with E-state index < -0.39 is 0 Å². The van der Waals surface area contributed by atoms with E-state index in [0.717, 1.165) is 11.6 Å². The molecule has 4 nitrogen and oxygen atoms in total. The van der Waals surface area contributed by atoms with Crippen LogP contribution >= 0.6 is 24.2 Å². The number of amides is 1. The number of rotatable bonds is 4. The molecule has 1 amide bonds. The van der Waals surface area contributed by atoms with Crippen LogP contribution in [0.25, 0.3) is 0 Å². The summed E-state index contributed by atoms with van der Waals surface area (Å²) in [6, 6.07) is -0.0287. The Labute approximate surface area is 101 Å². The number of hydrogen-bond donors (Lipinski definition) is 2. The van der Waals surface area contributed by atoms with E-state index in [9.17, 15) is 4.79 Å². The third-order valence-corrected chi connectivity index (χ3v) is 3.21. The van der Waals surface area contributed by atoms with Gasteiger partial charge < -0.3 is 10.0 Å². The molecule has 15 heavy (non-hydrogen) atoms. The minimum atomic E-state index is -0.337. The lowest BCUT2D eigenvalue weighted by atomic mass is 10.2. The van der Waals surface area contributed by atoms with Gasteiger partial charge >= 0.3 is 0 Å². The Balaban J connectivity index is 0.00000196. The zero-order valence-corrected chi connectivity index (χ0v) is 10.7. The summed E-state index contributed by atoms with van der Waals surface area (Å²) in [7, 11) is 1.79. The summed E-state index contributed by atoms with van der Waals surface area (Å²) in [6.45, 7) is 2.36. The molecule has 1 rings (SSSR count). The molecule has 6 heteroatoms. The fourth-order valence-electron chi connectivity index (χ4n) is 1.31. The predicted octanol–water partition coefficient (Wildman–Crippen LogP) is 0.300. The SMILES string of the molecule is CC(O)CCN(C)C(=O)[C@H]1CSCN1.Cl. The Hall–Kier alpha value is 0.0300. The molecule has 1 unspecified atom stereocenters. The first-order chi connectivity index (χ1) is 6.61. The van der Waals surface area contributed by atoms with E-state index in [1.54, 1.807) is 30.6 Å². The maximum absolute atomic E-state index is 11.7. The van der Waals surface area contributed by atoms with Gasteiger partial charge in [0.1, 0.15) is 0 Å². The van der Waals surface area contributed by atoms with Crippen molar-refractivity contribution >= 4 is 30.1 Å². The van der Waals surface area contributed by atoms with Crippen molar-refractivity contribution in [2.24, 2.45) is 0 Å². The van der Waals surface area contributed by atoms with Crippen LogP contribution < -0.4 is 5.32 Å². The first-order valence-electron chi connectivity index (χ1n) is 4.85. The van der Waals surface area contributed by atoms with Crippen molar-refractivity contribution in [2.75, 3.05) is 25.2 Å². The van der Waals surface area contributed by atoms with Crippen LogP contribution in [-0.2, 0) is 4.79 Å². The second-order valence-electron chi connectivity index (χ2n) is 3.67. The van der Waals surface area contributed by atoms with Gasteiger partial charge in [-0.2, -0.15) is 0 Å². The lowest BCUT2D eigenvalue weighted by molar-refractivity contribution is -0.131. The minimum absolute atomic E-state index is 0. The topological polar surface area (TPSA) is 52.6 Å². The van der Waals surface area contributed by atoms with E-state index in [0.29, 0.717) is 13.0 Å². The average Bonchev–Trinajstić information content (AvgIpc) is 2.65. The zero-order chi connectivity index (χ0) is 10.6. The molecule has 0 bridgehead atoms. The maximum atomic E-state index is 11.7. The normalized spacial score (nSPS) is 21.9. The van der Waals surface area contributed by atoms with Gasteiger partial charge in [-0.05, 0) is 13.3 Å². The van der Waals surface area contributed by atoms with Gasteiger partial charge in [-0.1, -0.05) is 0 Å². The molecule has 90 valence electrons. The molecule has 1 heterocycles. The van der Waals surface area contributed by atoms with Gasteiger partial charge in [0.2, 0.25) is 5.91 Å². The van der Waals surface area contributed by atoms with Crippen molar-refractivity contribution in [1.82, 2.24) is 10.2 Å². The molecule has 0 radical (unpaired) electrons. The third kappa shape index (κ3) is 5.06. The molecule has 0 aromatic rings. The fraction of sp³-hybridized carbons (Fsp3) is 0.889. The molecule has 1 saturated heterocycles. The van der Waals surface area contributed by atoms with Crippen LogP contribution in [0.1, 0.15) is 13.3 Å². The number of carbonyl (C=O) groups excluding carboxylic acids is 1. The summed E-state index contributed by atoms with van der Waals surface area (Å²) in [4.78, 5) is 13.4. The van der Waals surface area contributed by atoms with Crippen LogP contribution in [0.15, 0.2) is 0 Å². The summed E-state index contributed by atoms with van der Waals surface area (Å²) in [5.74, 6) is 1.86. The molecule has 1 aliphatic rings. The van der Waals surface area contributed by atoms with Crippen LogP contribution in [0, 0.1) is 0 Å². The van der Waals surface area contributed by atoms with Crippen molar-refractivity contribution in [2.45, 2.75) is 25.5 Å². The van der Waals surface area contributed by atoms with Crippen LogP contribution in [0.3, 0.4) is 0 Å². The summed E-state index contributed by atoms with van der Waals surface area (Å²) >= 11 is 1.74. The standard InChI is InChI=1S/C9H18N2O2S.ClH/c1-7(12)3-4-11(2)9(13)8-5-14-6-10-8;/h7-8,10,12H,3-6H2,1-2H3;1H/t7?,8-;/m1./s1. The van der Waals surface area contributed by atoms with Crippen molar-refractivity contribution in [1.29, 1.82) is 0 Å². The fourth-order valence-corrected chi connectivity index (χ4v) is 2.24. The van der Waals surface area contributed by atoms with Crippen molar-refractivity contribution in [3.63, 3.8) is 0 Å². The maximum Gasteiger partial charge on any atom is 0.240 e. The Bertz CT molecular complexity index is 199. The van der Waals surface area contributed by atoms with Gasteiger partial charge in [-0.15, -0.1) is 24.2 Å². The molecule has 2 atom stereocenters. The first-order valence-corrected chi connectivity index (χ1v) is 6.01. The second kappa shape index (κ2) is 7.33. The Morgan fingerprint density at radius 1 is 1.73 bits per heavy atom. The molecular formula is C9H19ClN2O2S. The molecular weight excluding hydrogens is 236 g/mol. The van der Waals surface area contributed by atoms with Gasteiger partial charge in [0, 0.05) is 25.2 Å². The molecule has 0 aromatic carbocycles. The van der Waals surface area contributed by atoms with Gasteiger partial charge in [0.15, 0.2) is 0 Å². The lowest BCUT2D eigenvalue weighted by Gasteiger charge is -2.21. The number of aliphatic hydroxyl groups is 1. The third-order valence-electron chi connectivity index (χ3n) is 2.27. The zero-order valence-electron chi connectivity index (χ0n) is 9.10. The largest absolute Gasteiger partial charge is 0.393 e. The van der Waals surface area contributed by atoms with Crippen LogP contribution in [-0.4, -0.2) is 53.3 Å². The minimum Gasteiger partial charge on any atom is -0.393 e. The Morgan fingerprint density at radius 3 is 2.87 bits per heavy atom. The quantitative estimate of drug-likeness (QED) is 0.758.